The van der Waals surface area contributed by atoms with Crippen LogP contribution in [0.1, 0.15) is 28.6 Å². The van der Waals surface area contributed by atoms with Gasteiger partial charge in [-0.15, -0.1) is 0 Å². The van der Waals surface area contributed by atoms with Crippen molar-refractivity contribution in [3.05, 3.63) is 77.4 Å². The fourth-order valence-corrected chi connectivity index (χ4v) is 3.72. The second-order valence-electron chi connectivity index (χ2n) is 6.70. The highest BCUT2D eigenvalue weighted by Gasteiger charge is 2.29. The van der Waals surface area contributed by atoms with E-state index in [4.69, 9.17) is 4.74 Å². The molecule has 0 aliphatic carbocycles. The van der Waals surface area contributed by atoms with E-state index in [-0.39, 0.29) is 11.8 Å². The Morgan fingerprint density at radius 3 is 2.81 bits per heavy atom. The van der Waals surface area contributed by atoms with Crippen molar-refractivity contribution < 1.29 is 9.84 Å². The number of methoxy groups -OCH3 is 1. The van der Waals surface area contributed by atoms with Gasteiger partial charge in [-0.3, -0.25) is 4.90 Å². The van der Waals surface area contributed by atoms with Crippen molar-refractivity contribution in [2.45, 2.75) is 25.4 Å². The maximum Gasteiger partial charge on any atom is 0.160 e. The predicted octanol–water partition coefficient (Wildman–Crippen LogP) is 3.47. The number of phenols is 1. The molecule has 0 bridgehead atoms. The Hall–Kier alpha value is -2.79. The van der Waals surface area contributed by atoms with Gasteiger partial charge in [0.05, 0.1) is 25.2 Å². The quantitative estimate of drug-likeness (QED) is 0.740. The molecule has 0 radical (unpaired) electrons. The van der Waals surface area contributed by atoms with Crippen molar-refractivity contribution in [3.8, 4) is 11.5 Å². The van der Waals surface area contributed by atoms with E-state index in [0.717, 1.165) is 37.2 Å². The smallest absolute Gasteiger partial charge is 0.160 e. The first kappa shape index (κ1) is 16.7. The number of hydrogen-bond donors (Lipinski definition) is 2. The Morgan fingerprint density at radius 2 is 2.04 bits per heavy atom. The largest absolute Gasteiger partial charge is 0.504 e. The van der Waals surface area contributed by atoms with Crippen LogP contribution in [0.4, 0.5) is 0 Å². The lowest BCUT2D eigenvalue weighted by Crippen LogP contribution is -2.36. The zero-order valence-corrected chi connectivity index (χ0v) is 14.9. The second kappa shape index (κ2) is 7.22. The van der Waals surface area contributed by atoms with Crippen LogP contribution in [0.5, 0.6) is 11.5 Å². The minimum atomic E-state index is 0.182. The summed E-state index contributed by atoms with van der Waals surface area (Å²) in [5.41, 5.74) is 4.74. The molecule has 2 aromatic carbocycles. The third-order valence-electron chi connectivity index (χ3n) is 5.06. The van der Waals surface area contributed by atoms with Crippen LogP contribution in [0.25, 0.3) is 0 Å². The fraction of sp³-hybridized carbons (Fsp3) is 0.286. The van der Waals surface area contributed by atoms with Crippen molar-refractivity contribution >= 4 is 0 Å². The van der Waals surface area contributed by atoms with Crippen LogP contribution in [0.2, 0.25) is 0 Å². The number of fused-ring (bicyclic) bond motifs is 1. The van der Waals surface area contributed by atoms with E-state index in [1.54, 1.807) is 19.5 Å². The van der Waals surface area contributed by atoms with Crippen LogP contribution >= 0.6 is 0 Å². The molecule has 26 heavy (non-hydrogen) atoms. The molecule has 0 unspecified atom stereocenters. The van der Waals surface area contributed by atoms with E-state index in [2.05, 4.69) is 39.1 Å². The minimum absolute atomic E-state index is 0.182. The molecular weight excluding hydrogens is 326 g/mol. The van der Waals surface area contributed by atoms with Gasteiger partial charge in [-0.1, -0.05) is 36.4 Å². The third kappa shape index (κ3) is 3.30. The number of nitrogens with one attached hydrogen (secondary N) is 1. The minimum Gasteiger partial charge on any atom is -0.504 e. The molecule has 0 saturated heterocycles. The lowest BCUT2D eigenvalue weighted by molar-refractivity contribution is 0.170. The zero-order valence-electron chi connectivity index (χ0n) is 14.9. The number of aromatic amines is 1. The number of H-pyrrole nitrogens is 1. The van der Waals surface area contributed by atoms with Gasteiger partial charge in [0, 0.05) is 25.2 Å². The molecule has 1 aromatic heterocycles. The summed E-state index contributed by atoms with van der Waals surface area (Å²) in [6.07, 6.45) is 3.68. The first-order chi connectivity index (χ1) is 12.7. The van der Waals surface area contributed by atoms with Crippen molar-refractivity contribution in [3.63, 3.8) is 0 Å². The molecule has 0 fully saturated rings. The van der Waals surface area contributed by atoms with Gasteiger partial charge in [-0.25, -0.2) is 4.98 Å². The molecule has 0 saturated carbocycles. The maximum atomic E-state index is 10.1. The van der Waals surface area contributed by atoms with Crippen molar-refractivity contribution in [2.75, 3.05) is 13.7 Å². The highest BCUT2D eigenvalue weighted by Crippen LogP contribution is 2.33. The summed E-state index contributed by atoms with van der Waals surface area (Å²) in [4.78, 5) is 10.3. The monoisotopic (exact) mass is 349 g/mol. The summed E-state index contributed by atoms with van der Waals surface area (Å²) < 4.78 is 5.15. The molecule has 2 N–H and O–H groups in total. The van der Waals surface area contributed by atoms with E-state index in [1.807, 2.05) is 18.2 Å². The molecule has 2 heterocycles. The molecule has 1 aliphatic heterocycles. The number of benzene rings is 2. The fourth-order valence-electron chi connectivity index (χ4n) is 3.72. The van der Waals surface area contributed by atoms with Gasteiger partial charge in [0.2, 0.25) is 0 Å². The number of ether oxygens (including phenoxy) is 1. The number of rotatable bonds is 5. The summed E-state index contributed by atoms with van der Waals surface area (Å²) in [7, 11) is 1.56. The first-order valence-corrected chi connectivity index (χ1v) is 8.90. The highest BCUT2D eigenvalue weighted by molar-refractivity contribution is 5.41. The van der Waals surface area contributed by atoms with Crippen molar-refractivity contribution in [2.24, 2.45) is 0 Å². The summed E-state index contributed by atoms with van der Waals surface area (Å²) >= 11 is 0. The van der Waals surface area contributed by atoms with Crippen LogP contribution in [0.3, 0.4) is 0 Å². The Labute approximate surface area is 153 Å². The third-order valence-corrected chi connectivity index (χ3v) is 5.06. The number of aromatic hydroxyl groups is 1. The van der Waals surface area contributed by atoms with E-state index in [0.29, 0.717) is 5.75 Å². The van der Waals surface area contributed by atoms with Gasteiger partial charge in [0.15, 0.2) is 11.5 Å². The van der Waals surface area contributed by atoms with Gasteiger partial charge in [-0.05, 0) is 29.7 Å². The summed E-state index contributed by atoms with van der Waals surface area (Å²) in [6.45, 7) is 1.72. The predicted molar refractivity (Wildman–Crippen MR) is 100 cm³/mol. The number of phenolic OH excluding ortho intramolecular Hbond substituents is 1. The van der Waals surface area contributed by atoms with Crippen molar-refractivity contribution in [1.82, 2.24) is 14.9 Å². The Balaban J connectivity index is 1.60. The molecule has 134 valence electrons. The number of aromatic nitrogens is 2. The van der Waals surface area contributed by atoms with Gasteiger partial charge in [0.25, 0.3) is 0 Å². The lowest BCUT2D eigenvalue weighted by Gasteiger charge is -2.35. The molecule has 3 aromatic rings. The summed E-state index contributed by atoms with van der Waals surface area (Å²) in [5, 5.41) is 10.1. The Kier molecular flexibility index (Phi) is 4.63. The molecule has 5 heteroatoms. The average Bonchev–Trinajstić information content (AvgIpc) is 3.14. The standard InChI is InChI=1S/C21H23N3O2/c1-26-20-8-7-16(12-19(20)25)13-24-10-9-17-21(23-14-22-17)18(24)11-15-5-3-2-4-6-15/h2-8,12,14,18,25H,9-11,13H2,1H3,(H,22,23)/t18-/m0/s1. The highest BCUT2D eigenvalue weighted by atomic mass is 16.5. The van der Waals surface area contributed by atoms with Crippen LogP contribution < -0.4 is 4.74 Å². The van der Waals surface area contributed by atoms with Crippen LogP contribution in [0.15, 0.2) is 54.9 Å². The molecule has 0 spiro atoms. The lowest BCUT2D eigenvalue weighted by atomic mass is 9.95. The molecule has 0 amide bonds. The van der Waals surface area contributed by atoms with Crippen molar-refractivity contribution in [1.29, 1.82) is 0 Å². The van der Waals surface area contributed by atoms with E-state index in [9.17, 15) is 5.11 Å². The zero-order chi connectivity index (χ0) is 17.9. The molecule has 1 aliphatic rings. The maximum absolute atomic E-state index is 10.1. The SMILES string of the molecule is COc1ccc(CN2CCc3[nH]cnc3[C@@H]2Cc2ccccc2)cc1O. The topological polar surface area (TPSA) is 61.4 Å². The normalized spacial score (nSPS) is 17.0. The molecule has 4 rings (SSSR count). The average molecular weight is 349 g/mol. The first-order valence-electron chi connectivity index (χ1n) is 8.90. The van der Waals surface area contributed by atoms with E-state index in [1.165, 1.54) is 11.3 Å². The number of nitrogens with zero attached hydrogens (tertiary/aromatic N) is 2. The van der Waals surface area contributed by atoms with Gasteiger partial charge in [-0.2, -0.15) is 0 Å². The van der Waals surface area contributed by atoms with Crippen LogP contribution in [-0.4, -0.2) is 33.6 Å². The van der Waals surface area contributed by atoms with Crippen LogP contribution in [0, 0.1) is 0 Å². The number of imidazole rings is 1. The van der Waals surface area contributed by atoms with Gasteiger partial charge < -0.3 is 14.8 Å². The van der Waals surface area contributed by atoms with Crippen LogP contribution in [-0.2, 0) is 19.4 Å². The van der Waals surface area contributed by atoms with Gasteiger partial charge in [0.1, 0.15) is 0 Å². The summed E-state index contributed by atoms with van der Waals surface area (Å²) in [6, 6.07) is 16.4. The summed E-state index contributed by atoms with van der Waals surface area (Å²) in [5.74, 6) is 0.685. The molecular formula is C21H23N3O2. The Bertz CT molecular complexity index is 876. The number of hydrogen-bond acceptors (Lipinski definition) is 4. The molecule has 1 atom stereocenters. The van der Waals surface area contributed by atoms with Gasteiger partial charge >= 0.3 is 0 Å². The second-order valence-corrected chi connectivity index (χ2v) is 6.70. The Morgan fingerprint density at radius 1 is 1.19 bits per heavy atom. The van der Waals surface area contributed by atoms with E-state index < -0.39 is 0 Å². The molecule has 5 nitrogen and oxygen atoms in total. The van der Waals surface area contributed by atoms with E-state index >= 15 is 0 Å².